The molecule has 0 amide bonds. The molecule has 0 saturated heterocycles. The van der Waals surface area contributed by atoms with Crippen LogP contribution in [0, 0.1) is 23.0 Å². The fourth-order valence-corrected chi connectivity index (χ4v) is 2.16. The van der Waals surface area contributed by atoms with Gasteiger partial charge in [-0.1, -0.05) is 12.1 Å². The van der Waals surface area contributed by atoms with E-state index in [1.807, 2.05) is 48.0 Å². The third-order valence-corrected chi connectivity index (χ3v) is 3.00. The van der Waals surface area contributed by atoms with Crippen LogP contribution in [0.15, 0.2) is 48.8 Å². The van der Waals surface area contributed by atoms with Gasteiger partial charge in [-0.3, -0.25) is 0 Å². The van der Waals surface area contributed by atoms with Gasteiger partial charge in [-0.15, -0.1) is 0 Å². The number of pyridine rings is 2. The summed E-state index contributed by atoms with van der Waals surface area (Å²) >= 11 is 0. The second-order valence-corrected chi connectivity index (χ2v) is 5.25. The Hall–Kier alpha value is -1.83. The average Bonchev–Trinajstić information content (AvgIpc) is 2.39. The molecule has 0 saturated carbocycles. The predicted molar refractivity (Wildman–Crippen MR) is 68.5 cm³/mol. The first-order valence-corrected chi connectivity index (χ1v) is 7.23. The molecule has 3 N–H and O–H groups in total. The molecule has 2 heterocycles. The Balaban J connectivity index is 0.000000282. The Bertz CT molecular complexity index is 783. The van der Waals surface area contributed by atoms with Gasteiger partial charge in [0, 0.05) is 23.1 Å². The number of benzene rings is 1. The topological polar surface area (TPSA) is 87.9 Å². The summed E-state index contributed by atoms with van der Waals surface area (Å²) in [4.78, 5) is 0. The quantitative estimate of drug-likeness (QED) is 0.408. The van der Waals surface area contributed by atoms with Crippen molar-refractivity contribution < 1.29 is 37.7 Å². The van der Waals surface area contributed by atoms with E-state index in [9.17, 15) is 4.39 Å². The summed E-state index contributed by atoms with van der Waals surface area (Å²) < 4.78 is 45.9. The summed E-state index contributed by atoms with van der Waals surface area (Å²) in [6.07, 6.45) is 3.78. The van der Waals surface area contributed by atoms with Crippen LogP contribution in [0.25, 0.3) is 16.3 Å². The van der Waals surface area contributed by atoms with Crippen molar-refractivity contribution in [1.29, 1.82) is 0 Å². The Labute approximate surface area is 121 Å². The van der Waals surface area contributed by atoms with Gasteiger partial charge in [-0.05, 0) is 19.1 Å². The predicted octanol–water partition coefficient (Wildman–Crippen LogP) is 0.166. The van der Waals surface area contributed by atoms with Crippen LogP contribution in [0.3, 0.4) is 0 Å². The molecule has 0 aliphatic rings. The van der Waals surface area contributed by atoms with E-state index in [2.05, 4.69) is 0 Å². The third-order valence-electron chi connectivity index (χ3n) is 3.00. The molecule has 0 bridgehead atoms. The van der Waals surface area contributed by atoms with Gasteiger partial charge >= 0.3 is 28.9 Å². The van der Waals surface area contributed by atoms with Crippen molar-refractivity contribution in [2.75, 3.05) is 0 Å². The van der Waals surface area contributed by atoms with Crippen LogP contribution in [0.5, 0.6) is 0 Å². The van der Waals surface area contributed by atoms with Gasteiger partial charge in [0.05, 0.1) is 5.39 Å². The first-order valence-electron chi connectivity index (χ1n) is 5.91. The Morgan fingerprint density at radius 1 is 1.05 bits per heavy atom. The van der Waals surface area contributed by atoms with Gasteiger partial charge in [0.2, 0.25) is 5.52 Å². The molecular weight excluding hydrogens is 301 g/mol. The van der Waals surface area contributed by atoms with Crippen LogP contribution in [0.2, 0.25) is 0 Å². The van der Waals surface area contributed by atoms with Crippen molar-refractivity contribution in [1.82, 2.24) is 0 Å². The van der Waals surface area contributed by atoms with Gasteiger partial charge in [-0.2, -0.15) is 4.40 Å². The van der Waals surface area contributed by atoms with Crippen molar-refractivity contribution in [3.63, 3.8) is 0 Å². The molecule has 0 radical (unpaired) electrons. The molecule has 0 unspecified atom stereocenters. The first kappa shape index (κ1) is 15.6. The summed E-state index contributed by atoms with van der Waals surface area (Å²) in [6, 6.07) is 11.2. The fourth-order valence-electron chi connectivity index (χ4n) is 2.16. The van der Waals surface area contributed by atoms with Crippen molar-refractivity contribution in [2.24, 2.45) is 0 Å². The average molecular weight is 315 g/mol. The van der Waals surface area contributed by atoms with Crippen LogP contribution in [-0.4, -0.2) is 14.0 Å². The molecule has 0 spiro atoms. The van der Waals surface area contributed by atoms with E-state index in [4.69, 9.17) is 18.6 Å². The summed E-state index contributed by atoms with van der Waals surface area (Å²) in [7, 11) is -4.19. The molecule has 5 nitrogen and oxygen atoms in total. The molecular formula is C14H14ClFNO4+. The Kier molecular flexibility index (Phi) is 4.36. The minimum absolute atomic E-state index is 0.168. The number of hydrogen-bond acceptors (Lipinski definition) is 4. The van der Waals surface area contributed by atoms with Crippen molar-refractivity contribution in [2.45, 2.75) is 6.92 Å². The number of aryl methyl sites for hydroxylation is 1. The van der Waals surface area contributed by atoms with Gasteiger partial charge in [0.25, 0.3) is 0 Å². The maximum atomic E-state index is 13.7. The SMILES string of the molecule is Cc1c2cccc(F)c2c[n+]2ccccc12.[O-][Cl+](O)(O)O. The van der Waals surface area contributed by atoms with Crippen LogP contribution in [0.4, 0.5) is 4.39 Å². The van der Waals surface area contributed by atoms with Gasteiger partial charge < -0.3 is 0 Å². The van der Waals surface area contributed by atoms with E-state index in [1.54, 1.807) is 6.07 Å². The first-order chi connectivity index (χ1) is 9.77. The number of aromatic nitrogens is 1. The molecule has 3 rings (SSSR count). The van der Waals surface area contributed by atoms with Gasteiger partial charge in [-0.25, -0.2) is 4.39 Å². The zero-order valence-corrected chi connectivity index (χ0v) is 11.8. The minimum atomic E-state index is -4.19. The number of nitrogens with zero attached hydrogens (tertiary/aromatic N) is 1. The molecule has 0 fully saturated rings. The summed E-state index contributed by atoms with van der Waals surface area (Å²) in [5, 5.41) is 1.65. The van der Waals surface area contributed by atoms with Gasteiger partial charge in [0.1, 0.15) is 5.82 Å². The van der Waals surface area contributed by atoms with Crippen molar-refractivity contribution in [3.05, 3.63) is 60.2 Å². The van der Waals surface area contributed by atoms with Gasteiger partial charge in [0.15, 0.2) is 12.4 Å². The number of fused-ring (bicyclic) bond motifs is 2. The van der Waals surface area contributed by atoms with E-state index < -0.39 is 10.2 Å². The number of rotatable bonds is 0. The monoisotopic (exact) mass is 314 g/mol. The van der Waals surface area contributed by atoms with Crippen LogP contribution < -0.4 is 9.06 Å². The molecule has 0 aliphatic carbocycles. The zero-order valence-electron chi connectivity index (χ0n) is 11.1. The molecule has 2 aromatic heterocycles. The molecule has 0 aliphatic heterocycles. The number of hydrogen-bond donors (Lipinski definition) is 3. The molecule has 112 valence electrons. The molecule has 3 aromatic rings. The standard InChI is InChI=1S/C14H11FN.ClH3O4/c1-10-11-5-4-6-13(15)12(11)9-16-8-3-2-7-14(10)16;2-1(3,4)5/h2-9H,1H3;2-4H/q+1;. The number of halogens is 2. The second kappa shape index (κ2) is 5.88. The summed E-state index contributed by atoms with van der Waals surface area (Å²) in [5.74, 6) is -0.168. The van der Waals surface area contributed by atoms with E-state index >= 15 is 0 Å². The van der Waals surface area contributed by atoms with Crippen LogP contribution in [0.1, 0.15) is 5.56 Å². The van der Waals surface area contributed by atoms with Crippen LogP contribution >= 0.6 is 0 Å². The normalized spacial score (nSPS) is 12.1. The molecule has 1 aromatic carbocycles. The zero-order chi connectivity index (χ0) is 15.6. The van der Waals surface area contributed by atoms with Crippen molar-refractivity contribution >= 4 is 16.3 Å². The fraction of sp³-hybridized carbons (Fsp3) is 0.0714. The summed E-state index contributed by atoms with van der Waals surface area (Å²) in [6.45, 7) is 2.02. The molecule has 21 heavy (non-hydrogen) atoms. The van der Waals surface area contributed by atoms with Crippen molar-refractivity contribution in [3.8, 4) is 0 Å². The molecule has 0 atom stereocenters. The maximum absolute atomic E-state index is 13.7. The molecule has 7 heteroatoms. The second-order valence-electron chi connectivity index (χ2n) is 4.38. The van der Waals surface area contributed by atoms with Crippen LogP contribution in [-0.2, 0) is 0 Å². The van der Waals surface area contributed by atoms with E-state index in [-0.39, 0.29) is 5.82 Å². The third kappa shape index (κ3) is 3.84. The Morgan fingerprint density at radius 2 is 1.71 bits per heavy atom. The van der Waals surface area contributed by atoms with E-state index in [0.29, 0.717) is 5.39 Å². The van der Waals surface area contributed by atoms with E-state index in [0.717, 1.165) is 16.5 Å². The summed E-state index contributed by atoms with van der Waals surface area (Å²) in [5.41, 5.74) is 2.22. The van der Waals surface area contributed by atoms with E-state index in [1.165, 1.54) is 6.07 Å². The Morgan fingerprint density at radius 3 is 2.38 bits per heavy atom.